The molecule has 3 nitrogen and oxygen atoms in total. The molecule has 0 unspecified atom stereocenters. The minimum Gasteiger partial charge on any atom is -0.372 e. The minimum atomic E-state index is -0.327. The zero-order valence-corrected chi connectivity index (χ0v) is 9.02. The predicted molar refractivity (Wildman–Crippen MR) is 55.0 cm³/mol. The number of methoxy groups -OCH3 is 1. The zero-order valence-electron chi connectivity index (χ0n) is 8.21. The summed E-state index contributed by atoms with van der Waals surface area (Å²) < 4.78 is 4.91. The van der Waals surface area contributed by atoms with Crippen LogP contribution in [-0.4, -0.2) is 36.7 Å². The van der Waals surface area contributed by atoms with Crippen LogP contribution in [0.25, 0.3) is 0 Å². The Kier molecular flexibility index (Phi) is 4.59. The van der Waals surface area contributed by atoms with Gasteiger partial charge in [-0.25, -0.2) is 0 Å². The van der Waals surface area contributed by atoms with E-state index in [0.717, 1.165) is 6.54 Å². The van der Waals surface area contributed by atoms with Crippen LogP contribution < -0.4 is 5.32 Å². The van der Waals surface area contributed by atoms with Crippen molar-refractivity contribution in [3.05, 3.63) is 0 Å². The van der Waals surface area contributed by atoms with E-state index < -0.39 is 0 Å². The molecule has 0 saturated carbocycles. The number of nitrogens with one attached hydrogen (secondary N) is 1. The Morgan fingerprint density at radius 2 is 2.54 bits per heavy atom. The van der Waals surface area contributed by atoms with Gasteiger partial charge >= 0.3 is 0 Å². The Morgan fingerprint density at radius 3 is 3.08 bits per heavy atom. The summed E-state index contributed by atoms with van der Waals surface area (Å²) in [7, 11) is 1.55. The fourth-order valence-electron chi connectivity index (χ4n) is 1.27. The molecule has 1 N–H and O–H groups in total. The molecule has 4 heteroatoms. The molecule has 13 heavy (non-hydrogen) atoms. The van der Waals surface area contributed by atoms with E-state index in [9.17, 15) is 4.79 Å². The molecule has 1 saturated heterocycles. The van der Waals surface area contributed by atoms with Crippen LogP contribution in [0.15, 0.2) is 0 Å². The Balaban J connectivity index is 2.13. The van der Waals surface area contributed by atoms with Crippen molar-refractivity contribution in [2.45, 2.75) is 31.1 Å². The van der Waals surface area contributed by atoms with Gasteiger partial charge in [0, 0.05) is 18.9 Å². The third-order valence-corrected chi connectivity index (χ3v) is 3.65. The second kappa shape index (κ2) is 5.50. The van der Waals surface area contributed by atoms with Gasteiger partial charge in [-0.1, -0.05) is 0 Å². The summed E-state index contributed by atoms with van der Waals surface area (Å²) in [6, 6.07) is 0. The number of thioether (sulfide) groups is 1. The monoisotopic (exact) mass is 203 g/mol. The summed E-state index contributed by atoms with van der Waals surface area (Å²) in [5.74, 6) is 1.23. The molecule has 0 radical (unpaired) electrons. The number of amides is 1. The van der Waals surface area contributed by atoms with Crippen molar-refractivity contribution in [3.63, 3.8) is 0 Å². The molecule has 1 aliphatic heterocycles. The largest absolute Gasteiger partial charge is 0.372 e. The average Bonchev–Trinajstić information content (AvgIpc) is 2.65. The first kappa shape index (κ1) is 10.9. The first-order valence-electron chi connectivity index (χ1n) is 4.66. The van der Waals surface area contributed by atoms with Gasteiger partial charge in [0.1, 0.15) is 6.10 Å². The lowest BCUT2D eigenvalue weighted by Gasteiger charge is -2.13. The van der Waals surface area contributed by atoms with E-state index in [1.165, 1.54) is 18.6 Å². The SMILES string of the molecule is CO[C@@H](C)C(=O)NC[C@H]1CCCS1. The molecule has 1 rings (SSSR count). The van der Waals surface area contributed by atoms with Crippen LogP contribution in [0.1, 0.15) is 19.8 Å². The Morgan fingerprint density at radius 1 is 1.77 bits per heavy atom. The molecule has 1 heterocycles. The topological polar surface area (TPSA) is 38.3 Å². The van der Waals surface area contributed by atoms with Crippen LogP contribution in [-0.2, 0) is 9.53 Å². The molecule has 0 spiro atoms. The highest BCUT2D eigenvalue weighted by Gasteiger charge is 2.17. The van der Waals surface area contributed by atoms with E-state index in [1.807, 2.05) is 11.8 Å². The van der Waals surface area contributed by atoms with Gasteiger partial charge in [0.25, 0.3) is 0 Å². The van der Waals surface area contributed by atoms with Crippen LogP contribution in [0, 0.1) is 0 Å². The number of carbonyl (C=O) groups is 1. The average molecular weight is 203 g/mol. The standard InChI is InChI=1S/C9H17NO2S/c1-7(12-2)9(11)10-6-8-4-3-5-13-8/h7-8H,3-6H2,1-2H3,(H,10,11)/t7-,8+/m0/s1. The Hall–Kier alpha value is -0.220. The van der Waals surface area contributed by atoms with Gasteiger partial charge in [0.2, 0.25) is 5.91 Å². The minimum absolute atomic E-state index is 0.00463. The number of ether oxygens (including phenoxy) is 1. The van der Waals surface area contributed by atoms with E-state index in [0.29, 0.717) is 5.25 Å². The zero-order chi connectivity index (χ0) is 9.68. The lowest BCUT2D eigenvalue weighted by Crippen LogP contribution is -2.37. The van der Waals surface area contributed by atoms with Crippen molar-refractivity contribution in [1.82, 2.24) is 5.32 Å². The maximum Gasteiger partial charge on any atom is 0.248 e. The summed E-state index contributed by atoms with van der Waals surface area (Å²) in [5, 5.41) is 3.51. The lowest BCUT2D eigenvalue weighted by molar-refractivity contribution is -0.129. The van der Waals surface area contributed by atoms with Crippen LogP contribution in [0.2, 0.25) is 0 Å². The van der Waals surface area contributed by atoms with Crippen molar-refractivity contribution >= 4 is 17.7 Å². The first-order valence-corrected chi connectivity index (χ1v) is 5.71. The van der Waals surface area contributed by atoms with E-state index >= 15 is 0 Å². The maximum absolute atomic E-state index is 11.3. The predicted octanol–water partition coefficient (Wildman–Crippen LogP) is 1.03. The molecule has 2 atom stereocenters. The Labute approximate surface area is 83.6 Å². The second-order valence-electron chi connectivity index (χ2n) is 3.26. The van der Waals surface area contributed by atoms with Gasteiger partial charge < -0.3 is 10.1 Å². The highest BCUT2D eigenvalue weighted by Crippen LogP contribution is 2.25. The molecule has 0 aromatic rings. The van der Waals surface area contributed by atoms with Crippen molar-refractivity contribution in [1.29, 1.82) is 0 Å². The normalized spacial score (nSPS) is 24.3. The summed E-state index contributed by atoms with van der Waals surface area (Å²) in [6.45, 7) is 2.55. The first-order chi connectivity index (χ1) is 6.24. The Bertz CT molecular complexity index is 169. The summed E-state index contributed by atoms with van der Waals surface area (Å²) >= 11 is 1.95. The van der Waals surface area contributed by atoms with Crippen molar-refractivity contribution in [3.8, 4) is 0 Å². The highest BCUT2D eigenvalue weighted by molar-refractivity contribution is 8.00. The van der Waals surface area contributed by atoms with Crippen LogP contribution in [0.5, 0.6) is 0 Å². The smallest absolute Gasteiger partial charge is 0.248 e. The third-order valence-electron chi connectivity index (χ3n) is 2.25. The van der Waals surface area contributed by atoms with Crippen LogP contribution in [0.3, 0.4) is 0 Å². The molecule has 1 aliphatic rings. The third kappa shape index (κ3) is 3.56. The van der Waals surface area contributed by atoms with E-state index in [4.69, 9.17) is 4.74 Å². The van der Waals surface area contributed by atoms with E-state index in [1.54, 1.807) is 14.0 Å². The van der Waals surface area contributed by atoms with Crippen LogP contribution in [0.4, 0.5) is 0 Å². The molecular formula is C9H17NO2S. The highest BCUT2D eigenvalue weighted by atomic mass is 32.2. The van der Waals surface area contributed by atoms with Crippen LogP contribution >= 0.6 is 11.8 Å². The summed E-state index contributed by atoms with van der Waals surface area (Å²) in [6.07, 6.45) is 2.18. The van der Waals surface area contributed by atoms with Crippen molar-refractivity contribution in [2.75, 3.05) is 19.4 Å². The lowest BCUT2D eigenvalue weighted by atomic mass is 10.2. The molecule has 76 valence electrons. The van der Waals surface area contributed by atoms with Gasteiger partial charge in [-0.3, -0.25) is 4.79 Å². The second-order valence-corrected chi connectivity index (χ2v) is 4.67. The number of hydrogen-bond donors (Lipinski definition) is 1. The van der Waals surface area contributed by atoms with Gasteiger partial charge in [0.05, 0.1) is 0 Å². The quantitative estimate of drug-likeness (QED) is 0.741. The van der Waals surface area contributed by atoms with Gasteiger partial charge in [-0.15, -0.1) is 0 Å². The summed E-state index contributed by atoms with van der Waals surface area (Å²) in [5.41, 5.74) is 0. The molecule has 0 aromatic heterocycles. The van der Waals surface area contributed by atoms with E-state index in [2.05, 4.69) is 5.32 Å². The van der Waals surface area contributed by atoms with Crippen molar-refractivity contribution < 1.29 is 9.53 Å². The molecule has 0 aromatic carbocycles. The van der Waals surface area contributed by atoms with Gasteiger partial charge in [-0.2, -0.15) is 11.8 Å². The van der Waals surface area contributed by atoms with Crippen molar-refractivity contribution in [2.24, 2.45) is 0 Å². The van der Waals surface area contributed by atoms with E-state index in [-0.39, 0.29) is 12.0 Å². The molecule has 1 amide bonds. The molecule has 1 fully saturated rings. The molecular weight excluding hydrogens is 186 g/mol. The number of carbonyl (C=O) groups excluding carboxylic acids is 1. The molecule has 0 bridgehead atoms. The van der Waals surface area contributed by atoms with Gasteiger partial charge in [0.15, 0.2) is 0 Å². The maximum atomic E-state index is 11.3. The number of hydrogen-bond acceptors (Lipinski definition) is 3. The van der Waals surface area contributed by atoms with Gasteiger partial charge in [-0.05, 0) is 25.5 Å². The number of rotatable bonds is 4. The fourth-order valence-corrected chi connectivity index (χ4v) is 2.47. The molecule has 0 aliphatic carbocycles. The summed E-state index contributed by atoms with van der Waals surface area (Å²) in [4.78, 5) is 11.3. The fraction of sp³-hybridized carbons (Fsp3) is 0.889.